The van der Waals surface area contributed by atoms with Gasteiger partial charge in [0.15, 0.2) is 0 Å². The molecule has 1 N–H and O–H groups in total. The lowest BCUT2D eigenvalue weighted by molar-refractivity contribution is -0.121. The highest BCUT2D eigenvalue weighted by Crippen LogP contribution is 2.22. The highest BCUT2D eigenvalue weighted by atomic mass is 19.1. The smallest absolute Gasteiger partial charge is 0.220 e. The molecule has 0 bridgehead atoms. The van der Waals surface area contributed by atoms with Gasteiger partial charge in [-0.05, 0) is 24.1 Å². The summed E-state index contributed by atoms with van der Waals surface area (Å²) >= 11 is 0. The molecule has 1 aromatic carbocycles. The monoisotopic (exact) mass is 345 g/mol. The van der Waals surface area contributed by atoms with Crippen molar-refractivity contribution in [3.8, 4) is 0 Å². The van der Waals surface area contributed by atoms with Gasteiger partial charge in [-0.25, -0.2) is 4.39 Å². The van der Waals surface area contributed by atoms with Crippen LogP contribution in [0, 0.1) is 5.82 Å². The number of nitrogens with one attached hydrogen (secondary N) is 1. The van der Waals surface area contributed by atoms with Crippen LogP contribution in [0.15, 0.2) is 24.3 Å². The summed E-state index contributed by atoms with van der Waals surface area (Å²) < 4.78 is 20.8. The highest BCUT2D eigenvalue weighted by molar-refractivity contribution is 5.76. The third kappa shape index (κ3) is 4.45. The first kappa shape index (κ1) is 17.6. The Balaban J connectivity index is 1.57. The Kier molecular flexibility index (Phi) is 5.81. The van der Waals surface area contributed by atoms with E-state index in [4.69, 9.17) is 9.84 Å². The molecule has 0 unspecified atom stereocenters. The van der Waals surface area contributed by atoms with Crippen LogP contribution in [0.2, 0.25) is 0 Å². The Morgan fingerprint density at radius 3 is 3.12 bits per heavy atom. The highest BCUT2D eigenvalue weighted by Gasteiger charge is 2.21. The van der Waals surface area contributed by atoms with Crippen LogP contribution in [0.25, 0.3) is 0 Å². The Hall–Kier alpha value is -2.21. The molecule has 0 radical (unpaired) electrons. The summed E-state index contributed by atoms with van der Waals surface area (Å²) in [5.74, 6) is -0.348. The first-order valence-electron chi connectivity index (χ1n) is 8.83. The number of hydrogen-bond donors (Lipinski definition) is 1. The molecule has 1 amide bonds. The fourth-order valence-corrected chi connectivity index (χ4v) is 3.14. The number of ether oxygens (including phenoxy) is 1. The number of nitrogens with zero attached hydrogens (tertiary/aromatic N) is 2. The lowest BCUT2D eigenvalue weighted by atomic mass is 10.1. The van der Waals surface area contributed by atoms with Crippen molar-refractivity contribution in [1.82, 2.24) is 15.1 Å². The summed E-state index contributed by atoms with van der Waals surface area (Å²) in [6.07, 6.45) is 2.87. The summed E-state index contributed by atoms with van der Waals surface area (Å²) in [6.45, 7) is 4.68. The van der Waals surface area contributed by atoms with Crippen LogP contribution in [0.3, 0.4) is 0 Å². The van der Waals surface area contributed by atoms with Crippen LogP contribution in [0.4, 0.5) is 4.39 Å². The third-order valence-corrected chi connectivity index (χ3v) is 4.38. The lowest BCUT2D eigenvalue weighted by Crippen LogP contribution is -2.23. The maximum absolute atomic E-state index is 13.2. The molecule has 0 fully saturated rings. The van der Waals surface area contributed by atoms with Crippen molar-refractivity contribution in [3.63, 3.8) is 0 Å². The third-order valence-electron chi connectivity index (χ3n) is 4.38. The van der Waals surface area contributed by atoms with Gasteiger partial charge in [0.2, 0.25) is 5.91 Å². The van der Waals surface area contributed by atoms with Crippen molar-refractivity contribution in [2.45, 2.75) is 52.3 Å². The maximum atomic E-state index is 13.2. The Labute approximate surface area is 147 Å². The SMILES string of the molecule is CCCn1nc(CCC(=O)NCc2cccc(F)c2)c2c1CCOC2. The molecule has 2 aromatic rings. The summed E-state index contributed by atoms with van der Waals surface area (Å²) in [6, 6.07) is 6.26. The first-order chi connectivity index (χ1) is 12.2. The van der Waals surface area contributed by atoms with Gasteiger partial charge in [-0.3, -0.25) is 9.48 Å². The van der Waals surface area contributed by atoms with Crippen LogP contribution in [-0.2, 0) is 42.1 Å². The van der Waals surface area contributed by atoms with Gasteiger partial charge in [0.25, 0.3) is 0 Å². The Morgan fingerprint density at radius 1 is 1.44 bits per heavy atom. The quantitative estimate of drug-likeness (QED) is 0.839. The minimum atomic E-state index is -0.292. The van der Waals surface area contributed by atoms with E-state index in [1.54, 1.807) is 12.1 Å². The minimum Gasteiger partial charge on any atom is -0.376 e. The van der Waals surface area contributed by atoms with E-state index < -0.39 is 0 Å². The second-order valence-corrected chi connectivity index (χ2v) is 6.30. The topological polar surface area (TPSA) is 56.2 Å². The molecule has 0 atom stereocenters. The number of aromatic nitrogens is 2. The van der Waals surface area contributed by atoms with E-state index in [1.165, 1.54) is 17.8 Å². The number of amides is 1. The first-order valence-corrected chi connectivity index (χ1v) is 8.83. The second kappa shape index (κ2) is 8.25. The number of halogens is 1. The molecule has 2 heterocycles. The van der Waals surface area contributed by atoms with E-state index in [0.29, 0.717) is 26.0 Å². The molecule has 1 aliphatic rings. The van der Waals surface area contributed by atoms with Crippen molar-refractivity contribution in [2.75, 3.05) is 6.61 Å². The molecular weight excluding hydrogens is 321 g/mol. The van der Waals surface area contributed by atoms with Gasteiger partial charge in [-0.2, -0.15) is 5.10 Å². The Morgan fingerprint density at radius 2 is 2.32 bits per heavy atom. The van der Waals surface area contributed by atoms with Gasteiger partial charge in [-0.15, -0.1) is 0 Å². The average Bonchev–Trinajstić information content (AvgIpc) is 2.97. The molecule has 1 aliphatic heterocycles. The summed E-state index contributed by atoms with van der Waals surface area (Å²) in [5, 5.41) is 7.53. The molecule has 1 aromatic heterocycles. The van der Waals surface area contributed by atoms with Gasteiger partial charge in [0.05, 0.1) is 18.9 Å². The van der Waals surface area contributed by atoms with Crippen LogP contribution in [-0.4, -0.2) is 22.3 Å². The van der Waals surface area contributed by atoms with Gasteiger partial charge in [0, 0.05) is 43.6 Å². The number of rotatable bonds is 7. The average molecular weight is 345 g/mol. The normalized spacial score (nSPS) is 13.5. The van der Waals surface area contributed by atoms with Crippen molar-refractivity contribution in [3.05, 3.63) is 52.6 Å². The molecular formula is C19H24FN3O2. The molecule has 0 saturated carbocycles. The summed E-state index contributed by atoms with van der Waals surface area (Å²) in [7, 11) is 0. The zero-order chi connectivity index (χ0) is 17.6. The number of fused-ring (bicyclic) bond motifs is 1. The second-order valence-electron chi connectivity index (χ2n) is 6.30. The number of benzene rings is 1. The van der Waals surface area contributed by atoms with Crippen molar-refractivity contribution < 1.29 is 13.9 Å². The zero-order valence-electron chi connectivity index (χ0n) is 14.6. The summed E-state index contributed by atoms with van der Waals surface area (Å²) in [5.41, 5.74) is 4.12. The number of aryl methyl sites for hydroxylation is 2. The maximum Gasteiger partial charge on any atom is 0.220 e. The molecule has 0 spiro atoms. The van der Waals surface area contributed by atoms with E-state index in [-0.39, 0.29) is 11.7 Å². The van der Waals surface area contributed by atoms with E-state index in [0.717, 1.165) is 42.8 Å². The molecule has 0 aliphatic carbocycles. The Bertz CT molecular complexity index is 742. The number of carbonyl (C=O) groups excluding carboxylic acids is 1. The standard InChI is InChI=1S/C19H24FN3O2/c1-2-9-23-18-8-10-25-13-16(18)17(22-23)6-7-19(24)21-12-14-4-3-5-15(20)11-14/h3-5,11H,2,6-10,12-13H2,1H3,(H,21,24). The van der Waals surface area contributed by atoms with Crippen LogP contribution < -0.4 is 5.32 Å². The van der Waals surface area contributed by atoms with Crippen molar-refractivity contribution >= 4 is 5.91 Å². The molecule has 5 nitrogen and oxygen atoms in total. The lowest BCUT2D eigenvalue weighted by Gasteiger charge is -2.14. The van der Waals surface area contributed by atoms with Gasteiger partial charge in [-0.1, -0.05) is 19.1 Å². The van der Waals surface area contributed by atoms with Crippen molar-refractivity contribution in [2.24, 2.45) is 0 Å². The van der Waals surface area contributed by atoms with Crippen molar-refractivity contribution in [1.29, 1.82) is 0 Å². The largest absolute Gasteiger partial charge is 0.376 e. The molecule has 6 heteroatoms. The molecule has 3 rings (SSSR count). The van der Waals surface area contributed by atoms with Crippen LogP contribution in [0.1, 0.15) is 42.3 Å². The van der Waals surface area contributed by atoms with E-state index in [2.05, 4.69) is 16.9 Å². The summed E-state index contributed by atoms with van der Waals surface area (Å²) in [4.78, 5) is 12.1. The molecule has 25 heavy (non-hydrogen) atoms. The zero-order valence-corrected chi connectivity index (χ0v) is 14.6. The predicted octanol–water partition coefficient (Wildman–Crippen LogP) is 2.75. The minimum absolute atomic E-state index is 0.0558. The van der Waals surface area contributed by atoms with E-state index >= 15 is 0 Å². The fourth-order valence-electron chi connectivity index (χ4n) is 3.14. The van der Waals surface area contributed by atoms with Crippen LogP contribution >= 0.6 is 0 Å². The van der Waals surface area contributed by atoms with Crippen LogP contribution in [0.5, 0.6) is 0 Å². The van der Waals surface area contributed by atoms with Gasteiger partial charge >= 0.3 is 0 Å². The van der Waals surface area contributed by atoms with Gasteiger partial charge < -0.3 is 10.1 Å². The van der Waals surface area contributed by atoms with Gasteiger partial charge in [0.1, 0.15) is 5.82 Å². The van der Waals surface area contributed by atoms with E-state index in [1.807, 2.05) is 0 Å². The molecule has 0 saturated heterocycles. The number of hydrogen-bond acceptors (Lipinski definition) is 3. The number of carbonyl (C=O) groups is 1. The van der Waals surface area contributed by atoms with E-state index in [9.17, 15) is 9.18 Å². The fraction of sp³-hybridized carbons (Fsp3) is 0.474. The molecule has 134 valence electrons. The predicted molar refractivity (Wildman–Crippen MR) is 92.4 cm³/mol.